The zero-order valence-electron chi connectivity index (χ0n) is 21.6. The van der Waals surface area contributed by atoms with Crippen LogP contribution in [0.1, 0.15) is 54.4 Å². The van der Waals surface area contributed by atoms with Crippen LogP contribution in [0, 0.1) is 11.3 Å². The number of rotatable bonds is 3. The van der Waals surface area contributed by atoms with Gasteiger partial charge in [0.05, 0.1) is 18.1 Å². The van der Waals surface area contributed by atoms with E-state index in [1.54, 1.807) is 38.2 Å². The number of aliphatic hydroxyl groups excluding tert-OH is 1. The van der Waals surface area contributed by atoms with Gasteiger partial charge in [-0.3, -0.25) is 24.0 Å². The summed E-state index contributed by atoms with van der Waals surface area (Å²) in [6.45, 7) is 8.85. The molecule has 1 amide bonds. The van der Waals surface area contributed by atoms with Crippen LogP contribution in [0.3, 0.4) is 0 Å². The van der Waals surface area contributed by atoms with Crippen molar-refractivity contribution in [3.8, 4) is 0 Å². The van der Waals surface area contributed by atoms with Crippen molar-refractivity contribution in [2.75, 3.05) is 0 Å². The van der Waals surface area contributed by atoms with E-state index in [1.807, 2.05) is 13.0 Å². The number of amides is 1. The van der Waals surface area contributed by atoms with Crippen LogP contribution in [-0.2, 0) is 33.4 Å². The number of fused-ring (bicyclic) bond motifs is 10. The van der Waals surface area contributed by atoms with Crippen molar-refractivity contribution >= 4 is 29.4 Å². The number of hydrogen-bond donors (Lipinski definition) is 2. The smallest absolute Gasteiger partial charge is 0.322 e. The molecular formula is C27H35NO8. The maximum atomic E-state index is 13.6. The molecule has 1 aliphatic carbocycles. The summed E-state index contributed by atoms with van der Waals surface area (Å²) in [7, 11) is 0. The van der Waals surface area contributed by atoms with Gasteiger partial charge in [-0.1, -0.05) is 48.5 Å². The van der Waals surface area contributed by atoms with Crippen LogP contribution in [-0.4, -0.2) is 58.9 Å². The first-order valence-corrected chi connectivity index (χ1v) is 11.9. The summed E-state index contributed by atoms with van der Waals surface area (Å²) in [5.41, 5.74) is -0.437. The van der Waals surface area contributed by atoms with Crippen molar-refractivity contribution in [3.05, 3.63) is 47.6 Å². The molecule has 2 N–H and O–H groups in total. The number of nitrogens with one attached hydrogen (secondary N) is 1. The molecule has 2 aliphatic heterocycles. The third-order valence-electron chi connectivity index (χ3n) is 6.44. The lowest BCUT2D eigenvalue weighted by atomic mass is 9.69. The van der Waals surface area contributed by atoms with Crippen LogP contribution in [0.15, 0.2) is 47.6 Å². The van der Waals surface area contributed by atoms with E-state index in [2.05, 4.69) is 5.32 Å². The Labute approximate surface area is 211 Å². The zero-order chi connectivity index (χ0) is 27.2. The minimum atomic E-state index is -1.81. The molecule has 0 aromatic rings. The lowest BCUT2D eigenvalue weighted by Crippen LogP contribution is -2.61. The fourth-order valence-corrected chi connectivity index (χ4v) is 4.13. The number of Topliss-reactive ketones (excluding diaryl/α,β-unsaturated/α-hetero) is 2. The number of allylic oxidation sites excluding steroid dienone is 4. The Morgan fingerprint density at radius 1 is 1.11 bits per heavy atom. The first-order valence-electron chi connectivity index (χ1n) is 11.9. The van der Waals surface area contributed by atoms with Crippen molar-refractivity contribution in [1.82, 2.24) is 5.32 Å². The zero-order valence-corrected chi connectivity index (χ0v) is 21.6. The molecule has 1 fully saturated rings. The van der Waals surface area contributed by atoms with E-state index in [9.17, 15) is 29.1 Å². The molecule has 3 aliphatic rings. The van der Waals surface area contributed by atoms with E-state index in [1.165, 1.54) is 19.9 Å². The number of hydrogen-bond acceptors (Lipinski definition) is 8. The second-order valence-electron chi connectivity index (χ2n) is 9.57. The number of esters is 2. The van der Waals surface area contributed by atoms with Crippen LogP contribution in [0.2, 0.25) is 0 Å². The van der Waals surface area contributed by atoms with Gasteiger partial charge >= 0.3 is 11.9 Å². The maximum absolute atomic E-state index is 13.6. The molecule has 6 atom stereocenters. The van der Waals surface area contributed by atoms with E-state index < -0.39 is 65.1 Å². The Bertz CT molecular complexity index is 1040. The van der Waals surface area contributed by atoms with Gasteiger partial charge in [-0.2, -0.15) is 0 Å². The highest BCUT2D eigenvalue weighted by molar-refractivity contribution is 6.35. The van der Waals surface area contributed by atoms with Crippen LogP contribution in [0.5, 0.6) is 0 Å². The number of carbonyl (C=O) groups excluding carboxylic acids is 5. The average Bonchev–Trinajstić information content (AvgIpc) is 2.80. The first kappa shape index (κ1) is 28.9. The second kappa shape index (κ2) is 12.1. The molecule has 0 spiro atoms. The second-order valence-corrected chi connectivity index (χ2v) is 9.57. The van der Waals surface area contributed by atoms with Gasteiger partial charge in [-0.15, -0.1) is 0 Å². The van der Waals surface area contributed by atoms with Gasteiger partial charge in [0, 0.05) is 20.3 Å². The minimum absolute atomic E-state index is 0.0571. The van der Waals surface area contributed by atoms with Crippen molar-refractivity contribution in [3.63, 3.8) is 0 Å². The summed E-state index contributed by atoms with van der Waals surface area (Å²) in [5, 5.41) is 12.8. The van der Waals surface area contributed by atoms with Crippen LogP contribution in [0.25, 0.3) is 0 Å². The molecule has 0 radical (unpaired) electrons. The van der Waals surface area contributed by atoms with Gasteiger partial charge < -0.3 is 19.9 Å². The summed E-state index contributed by atoms with van der Waals surface area (Å²) in [4.78, 5) is 62.5. The Balaban J connectivity index is 2.60. The van der Waals surface area contributed by atoms with Gasteiger partial charge in [0.1, 0.15) is 17.6 Å². The summed E-state index contributed by atoms with van der Waals surface area (Å²) in [6.07, 6.45) is 7.78. The Kier molecular flexibility index (Phi) is 9.69. The number of ether oxygens (including phenoxy) is 2. The predicted molar refractivity (Wildman–Crippen MR) is 131 cm³/mol. The Morgan fingerprint density at radius 2 is 1.75 bits per heavy atom. The molecule has 1 saturated heterocycles. The fourth-order valence-electron chi connectivity index (χ4n) is 4.13. The van der Waals surface area contributed by atoms with E-state index in [0.717, 1.165) is 12.5 Å². The highest BCUT2D eigenvalue weighted by atomic mass is 16.6. The monoisotopic (exact) mass is 501 g/mol. The standard InChI is InChI=1S/C27H35NO8/c1-15-7-10-20(31)11-8-16(2)13-23(28-25(33)18(4)29)27(6)24(32)17(3)22(36-26(27)34)14-21(12-9-15)35-19(5)30/h7-9,11-13,17,20-23,31H,10,14H2,1-6H3,(H,28,33)/b11-8+,12-9+,15-7+,16-13+/t17-,20+,21-,22-,23+,27+/m1/s1. The molecule has 0 aromatic carbocycles. The number of ketones is 2. The summed E-state index contributed by atoms with van der Waals surface area (Å²) in [6, 6.07) is -1.18. The van der Waals surface area contributed by atoms with Crippen LogP contribution < -0.4 is 5.32 Å². The molecule has 9 nitrogen and oxygen atoms in total. The molecule has 196 valence electrons. The lowest BCUT2D eigenvalue weighted by molar-refractivity contribution is -0.182. The summed E-state index contributed by atoms with van der Waals surface area (Å²) < 4.78 is 11.1. The quantitative estimate of drug-likeness (QED) is 0.342. The third kappa shape index (κ3) is 7.10. The lowest BCUT2D eigenvalue weighted by Gasteiger charge is -2.42. The van der Waals surface area contributed by atoms with Gasteiger partial charge in [0.15, 0.2) is 5.78 Å². The SMILES string of the molecule is CC(=O)O[C@@H]1/C=C/C(C)=C/C[C@H](O)/C=C/C(C)=C/[C@H](NC(=O)C(C)=O)[C@]2(C)C(=O)O[C@H](C1)[C@@H](C)C2=O. The molecule has 2 bridgehead atoms. The molecule has 0 aromatic heterocycles. The molecule has 0 saturated carbocycles. The molecule has 2 heterocycles. The largest absolute Gasteiger partial charge is 0.461 e. The predicted octanol–water partition coefficient (Wildman–Crippen LogP) is 2.29. The highest BCUT2D eigenvalue weighted by Gasteiger charge is 2.56. The van der Waals surface area contributed by atoms with Gasteiger partial charge in [0.25, 0.3) is 5.91 Å². The average molecular weight is 502 g/mol. The van der Waals surface area contributed by atoms with Crippen molar-refractivity contribution in [2.24, 2.45) is 11.3 Å². The van der Waals surface area contributed by atoms with E-state index in [4.69, 9.17) is 9.47 Å². The van der Waals surface area contributed by atoms with Crippen molar-refractivity contribution < 1.29 is 38.6 Å². The summed E-state index contributed by atoms with van der Waals surface area (Å²) in [5.74, 6) is -4.37. The molecular weight excluding hydrogens is 466 g/mol. The molecule has 0 unspecified atom stereocenters. The van der Waals surface area contributed by atoms with E-state index in [0.29, 0.717) is 12.0 Å². The number of aliphatic hydroxyl groups is 1. The van der Waals surface area contributed by atoms with Crippen LogP contribution in [0.4, 0.5) is 0 Å². The normalized spacial score (nSPS) is 36.2. The third-order valence-corrected chi connectivity index (χ3v) is 6.44. The topological polar surface area (TPSA) is 136 Å². The Hall–Kier alpha value is -3.33. The van der Waals surface area contributed by atoms with Crippen LogP contribution >= 0.6 is 0 Å². The van der Waals surface area contributed by atoms with Crippen molar-refractivity contribution in [1.29, 1.82) is 0 Å². The molecule has 3 rings (SSSR count). The molecule has 36 heavy (non-hydrogen) atoms. The van der Waals surface area contributed by atoms with Gasteiger partial charge in [-0.25, -0.2) is 0 Å². The van der Waals surface area contributed by atoms with E-state index >= 15 is 0 Å². The maximum Gasteiger partial charge on any atom is 0.322 e. The van der Waals surface area contributed by atoms with E-state index in [-0.39, 0.29) is 6.42 Å². The summed E-state index contributed by atoms with van der Waals surface area (Å²) >= 11 is 0. The molecule has 9 heteroatoms. The minimum Gasteiger partial charge on any atom is -0.461 e. The Morgan fingerprint density at radius 3 is 2.36 bits per heavy atom. The fraction of sp³-hybridized carbons (Fsp3) is 0.519. The van der Waals surface area contributed by atoms with Crippen molar-refractivity contribution in [2.45, 2.75) is 78.7 Å². The number of carbonyl (C=O) groups is 5. The van der Waals surface area contributed by atoms with Gasteiger partial charge in [0.2, 0.25) is 5.78 Å². The van der Waals surface area contributed by atoms with Gasteiger partial charge in [-0.05, 0) is 33.3 Å². The first-order chi connectivity index (χ1) is 16.7. The highest BCUT2D eigenvalue weighted by Crippen LogP contribution is 2.38.